The molecule has 0 spiro atoms. The predicted octanol–water partition coefficient (Wildman–Crippen LogP) is 6.11. The summed E-state index contributed by atoms with van der Waals surface area (Å²) in [7, 11) is 0. The van der Waals surface area contributed by atoms with Gasteiger partial charge >= 0.3 is 0 Å². The third-order valence-corrected chi connectivity index (χ3v) is 4.45. The van der Waals surface area contributed by atoms with Crippen LogP contribution in [0.25, 0.3) is 0 Å². The lowest BCUT2D eigenvalue weighted by atomic mass is 10.0. The number of carboxylic acids is 1. The summed E-state index contributed by atoms with van der Waals surface area (Å²) in [4.78, 5) is 10.1. The Kier molecular flexibility index (Phi) is 19.1. The van der Waals surface area contributed by atoms with Gasteiger partial charge in [-0.1, -0.05) is 115 Å². The molecule has 0 aliphatic carbocycles. The highest BCUT2D eigenvalue weighted by molar-refractivity contribution is 5.77. The zero-order valence-corrected chi connectivity index (χ0v) is 15.9. The molecule has 0 saturated heterocycles. The van der Waals surface area contributed by atoms with Crippen LogP contribution in [-0.4, -0.2) is 5.97 Å². The SMILES string of the molecule is CCCCCCCCCCCCCCCCC/C=C/C=C/C(=O)[O-]. The Balaban J connectivity index is 3.09. The van der Waals surface area contributed by atoms with Gasteiger partial charge in [0.25, 0.3) is 0 Å². The molecule has 24 heavy (non-hydrogen) atoms. The van der Waals surface area contributed by atoms with Gasteiger partial charge < -0.3 is 9.90 Å². The fourth-order valence-corrected chi connectivity index (χ4v) is 2.94. The van der Waals surface area contributed by atoms with Gasteiger partial charge in [0.2, 0.25) is 0 Å². The molecular weight excluding hydrogens is 296 g/mol. The van der Waals surface area contributed by atoms with Gasteiger partial charge in [0.15, 0.2) is 0 Å². The number of allylic oxidation sites excluding steroid dienone is 3. The molecule has 140 valence electrons. The lowest BCUT2D eigenvalue weighted by Gasteiger charge is -2.03. The summed E-state index contributed by atoms with van der Waals surface area (Å²) in [5.74, 6) is -1.13. The Labute approximate surface area is 150 Å². The lowest BCUT2D eigenvalue weighted by Crippen LogP contribution is -2.18. The van der Waals surface area contributed by atoms with Crippen molar-refractivity contribution in [1.29, 1.82) is 0 Å². The van der Waals surface area contributed by atoms with E-state index in [-0.39, 0.29) is 0 Å². The molecule has 0 atom stereocenters. The number of hydrogen-bond acceptors (Lipinski definition) is 2. The third kappa shape index (κ3) is 20.9. The fourth-order valence-electron chi connectivity index (χ4n) is 2.94. The van der Waals surface area contributed by atoms with Crippen molar-refractivity contribution in [2.75, 3.05) is 0 Å². The molecule has 0 unspecified atom stereocenters. The maximum Gasteiger partial charge on any atom is 0.0642 e. The van der Waals surface area contributed by atoms with Gasteiger partial charge in [0.1, 0.15) is 0 Å². The van der Waals surface area contributed by atoms with Crippen molar-refractivity contribution in [2.45, 2.75) is 110 Å². The Bertz CT molecular complexity index is 318. The van der Waals surface area contributed by atoms with Gasteiger partial charge in [-0.25, -0.2) is 0 Å². The van der Waals surface area contributed by atoms with Crippen LogP contribution in [0.3, 0.4) is 0 Å². The van der Waals surface area contributed by atoms with E-state index in [4.69, 9.17) is 0 Å². The van der Waals surface area contributed by atoms with E-state index in [0.717, 1.165) is 12.5 Å². The maximum absolute atomic E-state index is 10.1. The van der Waals surface area contributed by atoms with Gasteiger partial charge in [-0.3, -0.25) is 0 Å². The first kappa shape index (κ1) is 22.9. The summed E-state index contributed by atoms with van der Waals surface area (Å²) in [6.07, 6.45) is 28.2. The number of aliphatic carboxylic acids is 1. The van der Waals surface area contributed by atoms with Crippen molar-refractivity contribution in [1.82, 2.24) is 0 Å². The van der Waals surface area contributed by atoms with Gasteiger partial charge in [-0.2, -0.15) is 0 Å². The molecule has 0 heterocycles. The largest absolute Gasteiger partial charge is 0.545 e. The monoisotopic (exact) mass is 335 g/mol. The average molecular weight is 336 g/mol. The second-order valence-corrected chi connectivity index (χ2v) is 6.84. The second-order valence-electron chi connectivity index (χ2n) is 6.84. The summed E-state index contributed by atoms with van der Waals surface area (Å²) >= 11 is 0. The fraction of sp³-hybridized carbons (Fsp3) is 0.773. The number of hydrogen-bond donors (Lipinski definition) is 0. The topological polar surface area (TPSA) is 40.1 Å². The van der Waals surface area contributed by atoms with Crippen LogP contribution in [0.5, 0.6) is 0 Å². The molecular formula is C22H39O2-. The molecule has 0 aromatic rings. The molecule has 0 rings (SSSR count). The van der Waals surface area contributed by atoms with E-state index in [9.17, 15) is 9.90 Å². The molecule has 2 nitrogen and oxygen atoms in total. The van der Waals surface area contributed by atoms with Crippen LogP contribution in [0.4, 0.5) is 0 Å². The summed E-state index contributed by atoms with van der Waals surface area (Å²) in [6.45, 7) is 2.28. The first-order valence-electron chi connectivity index (χ1n) is 10.3. The first-order chi connectivity index (χ1) is 11.8. The minimum Gasteiger partial charge on any atom is -0.545 e. The van der Waals surface area contributed by atoms with E-state index >= 15 is 0 Å². The Morgan fingerprint density at radius 3 is 1.50 bits per heavy atom. The van der Waals surface area contributed by atoms with Crippen LogP contribution in [0.1, 0.15) is 110 Å². The smallest absolute Gasteiger partial charge is 0.0642 e. The van der Waals surface area contributed by atoms with Crippen molar-refractivity contribution < 1.29 is 9.90 Å². The zero-order chi connectivity index (χ0) is 17.7. The van der Waals surface area contributed by atoms with E-state index in [1.165, 1.54) is 102 Å². The highest BCUT2D eigenvalue weighted by atomic mass is 16.4. The average Bonchev–Trinajstić information content (AvgIpc) is 2.56. The van der Waals surface area contributed by atoms with Crippen LogP contribution in [0, 0.1) is 0 Å². The predicted molar refractivity (Wildman–Crippen MR) is 103 cm³/mol. The van der Waals surface area contributed by atoms with E-state index in [1.807, 2.05) is 6.08 Å². The van der Waals surface area contributed by atoms with Gasteiger partial charge in [0, 0.05) is 0 Å². The van der Waals surface area contributed by atoms with E-state index in [0.29, 0.717) is 0 Å². The van der Waals surface area contributed by atoms with Gasteiger partial charge in [0.05, 0.1) is 5.97 Å². The van der Waals surface area contributed by atoms with E-state index < -0.39 is 5.97 Å². The van der Waals surface area contributed by atoms with E-state index in [2.05, 4.69) is 6.92 Å². The summed E-state index contributed by atoms with van der Waals surface area (Å²) in [6, 6.07) is 0. The van der Waals surface area contributed by atoms with Crippen molar-refractivity contribution >= 4 is 5.97 Å². The number of carboxylic acid groups (broad SMARTS) is 1. The van der Waals surface area contributed by atoms with Crippen LogP contribution < -0.4 is 5.11 Å². The quantitative estimate of drug-likeness (QED) is 0.172. The van der Waals surface area contributed by atoms with Crippen molar-refractivity contribution in [2.24, 2.45) is 0 Å². The van der Waals surface area contributed by atoms with Gasteiger partial charge in [-0.05, 0) is 18.9 Å². The highest BCUT2D eigenvalue weighted by Gasteiger charge is 1.94. The van der Waals surface area contributed by atoms with Gasteiger partial charge in [-0.15, -0.1) is 0 Å². The second kappa shape index (κ2) is 20.0. The minimum atomic E-state index is -1.13. The molecule has 0 aromatic carbocycles. The molecule has 0 radical (unpaired) electrons. The molecule has 0 aliphatic rings. The molecule has 0 aliphatic heterocycles. The molecule has 0 amide bonds. The van der Waals surface area contributed by atoms with Crippen LogP contribution in [0.15, 0.2) is 24.3 Å². The van der Waals surface area contributed by atoms with Crippen LogP contribution in [0.2, 0.25) is 0 Å². The summed E-state index contributed by atoms with van der Waals surface area (Å²) in [5, 5.41) is 10.1. The van der Waals surface area contributed by atoms with Crippen molar-refractivity contribution in [3.8, 4) is 0 Å². The Morgan fingerprint density at radius 1 is 0.667 bits per heavy atom. The molecule has 0 bridgehead atoms. The van der Waals surface area contributed by atoms with Crippen LogP contribution >= 0.6 is 0 Å². The number of rotatable bonds is 18. The molecule has 0 aromatic heterocycles. The summed E-state index contributed by atoms with van der Waals surface area (Å²) in [5.41, 5.74) is 0. The summed E-state index contributed by atoms with van der Waals surface area (Å²) < 4.78 is 0. The Hall–Kier alpha value is -1.05. The van der Waals surface area contributed by atoms with Crippen molar-refractivity contribution in [3.05, 3.63) is 24.3 Å². The Morgan fingerprint density at radius 2 is 1.08 bits per heavy atom. The normalized spacial score (nSPS) is 11.7. The highest BCUT2D eigenvalue weighted by Crippen LogP contribution is 2.13. The van der Waals surface area contributed by atoms with E-state index in [1.54, 1.807) is 6.08 Å². The number of carbonyl (C=O) groups is 1. The molecule has 0 saturated carbocycles. The van der Waals surface area contributed by atoms with Crippen LogP contribution in [-0.2, 0) is 4.79 Å². The molecule has 0 N–H and O–H groups in total. The lowest BCUT2D eigenvalue weighted by molar-refractivity contribution is -0.297. The minimum absolute atomic E-state index is 1.04. The standard InChI is InChI=1S/C22H40O2/c1-2-3-4-5-6-7-8-9-10-11-12-13-14-15-16-17-18-19-20-21-22(23)24/h18-21H,2-17H2,1H3,(H,23,24)/p-1/b19-18+,21-20+. The molecule has 2 heteroatoms. The third-order valence-electron chi connectivity index (χ3n) is 4.45. The first-order valence-corrected chi connectivity index (χ1v) is 10.3. The number of unbranched alkanes of at least 4 members (excludes halogenated alkanes) is 15. The van der Waals surface area contributed by atoms with Crippen molar-refractivity contribution in [3.63, 3.8) is 0 Å². The molecule has 0 fully saturated rings. The zero-order valence-electron chi connectivity index (χ0n) is 15.9. The maximum atomic E-state index is 10.1. The number of carbonyl (C=O) groups excluding carboxylic acids is 1.